The molecule has 0 amide bonds. The Morgan fingerprint density at radius 3 is 2.44 bits per heavy atom. The molecule has 0 aliphatic heterocycles. The average molecular weight is 279 g/mol. The highest BCUT2D eigenvalue weighted by Crippen LogP contribution is 2.13. The molecule has 2 aromatic rings. The van der Waals surface area contributed by atoms with Gasteiger partial charge in [0.1, 0.15) is 3.77 Å². The zero-order valence-electron chi connectivity index (χ0n) is 9.65. The van der Waals surface area contributed by atoms with Gasteiger partial charge in [0.2, 0.25) is 0 Å². The Bertz CT molecular complexity index is 650. The standard InChI is InChI=1S/C12H11N2O2S2/c1-10-5-7-11(8-6-10)18(15,16)14-17-12-4-2-3-9-13-12/h2-9H,1H3/q+1. The van der Waals surface area contributed by atoms with Gasteiger partial charge < -0.3 is 0 Å². The van der Waals surface area contributed by atoms with E-state index < -0.39 is 10.0 Å². The van der Waals surface area contributed by atoms with Crippen molar-refractivity contribution in [3.63, 3.8) is 0 Å². The van der Waals surface area contributed by atoms with Crippen LogP contribution in [0, 0.1) is 6.92 Å². The van der Waals surface area contributed by atoms with Crippen molar-refractivity contribution in [1.82, 2.24) is 4.98 Å². The van der Waals surface area contributed by atoms with Crippen molar-refractivity contribution < 1.29 is 8.42 Å². The van der Waals surface area contributed by atoms with Crippen LogP contribution >= 0.6 is 0 Å². The molecule has 0 saturated heterocycles. The molecule has 0 bridgehead atoms. The van der Waals surface area contributed by atoms with Crippen LogP contribution in [-0.4, -0.2) is 13.4 Å². The second-order valence-corrected chi connectivity index (χ2v) is 6.24. The van der Waals surface area contributed by atoms with Crippen molar-refractivity contribution in [3.8, 4) is 0 Å². The van der Waals surface area contributed by atoms with Gasteiger partial charge in [-0.05, 0) is 25.1 Å². The van der Waals surface area contributed by atoms with Crippen LogP contribution in [0.2, 0.25) is 0 Å². The molecule has 0 fully saturated rings. The third kappa shape index (κ3) is 3.18. The summed E-state index contributed by atoms with van der Waals surface area (Å²) in [7, 11) is -3.63. The second-order valence-electron chi connectivity index (χ2n) is 3.62. The third-order valence-corrected chi connectivity index (χ3v) is 4.57. The van der Waals surface area contributed by atoms with Crippen molar-refractivity contribution in [1.29, 1.82) is 0 Å². The first-order chi connectivity index (χ1) is 8.58. The van der Waals surface area contributed by atoms with Gasteiger partial charge in [-0.1, -0.05) is 23.8 Å². The van der Waals surface area contributed by atoms with E-state index in [0.29, 0.717) is 5.03 Å². The van der Waals surface area contributed by atoms with Crippen LogP contribution in [0.5, 0.6) is 0 Å². The lowest BCUT2D eigenvalue weighted by Crippen LogP contribution is -1.96. The van der Waals surface area contributed by atoms with Gasteiger partial charge in [-0.2, -0.15) is 13.4 Å². The van der Waals surface area contributed by atoms with Gasteiger partial charge in [-0.3, -0.25) is 0 Å². The second kappa shape index (κ2) is 5.32. The largest absolute Gasteiger partial charge is 0.397 e. The topological polar surface area (TPSA) is 59.4 Å². The van der Waals surface area contributed by atoms with E-state index in [1.165, 1.54) is 0 Å². The highest BCUT2D eigenvalue weighted by atomic mass is 32.2. The molecule has 1 aromatic heterocycles. The van der Waals surface area contributed by atoms with Crippen molar-refractivity contribution in [3.05, 3.63) is 54.2 Å². The van der Waals surface area contributed by atoms with Crippen LogP contribution in [0.25, 0.3) is 0 Å². The summed E-state index contributed by atoms with van der Waals surface area (Å²) in [5, 5.41) is 0.549. The van der Waals surface area contributed by atoms with Crippen LogP contribution < -0.4 is 0 Å². The number of rotatable bonds is 3. The molecule has 0 atom stereocenters. The molecule has 0 aliphatic rings. The van der Waals surface area contributed by atoms with E-state index in [4.69, 9.17) is 0 Å². The van der Waals surface area contributed by atoms with Gasteiger partial charge in [0.25, 0.3) is 0 Å². The van der Waals surface area contributed by atoms with Crippen LogP contribution in [0.3, 0.4) is 0 Å². The van der Waals surface area contributed by atoms with E-state index in [0.717, 1.165) is 17.1 Å². The smallest absolute Gasteiger partial charge is 0.200 e. The summed E-state index contributed by atoms with van der Waals surface area (Å²) in [5.74, 6) is 0. The normalized spacial score (nSPS) is 11.8. The highest BCUT2D eigenvalue weighted by molar-refractivity contribution is 7.95. The minimum atomic E-state index is -3.63. The quantitative estimate of drug-likeness (QED) is 0.811. The Balaban J connectivity index is 2.28. The van der Waals surface area contributed by atoms with Crippen molar-refractivity contribution in [2.45, 2.75) is 16.8 Å². The average Bonchev–Trinajstić information content (AvgIpc) is 2.38. The molecule has 1 heterocycles. The molecule has 0 spiro atoms. The van der Waals surface area contributed by atoms with Crippen molar-refractivity contribution >= 4 is 21.6 Å². The van der Waals surface area contributed by atoms with Crippen LogP contribution in [0.4, 0.5) is 0 Å². The van der Waals surface area contributed by atoms with E-state index >= 15 is 0 Å². The van der Waals surface area contributed by atoms with Crippen LogP contribution in [-0.2, 0) is 21.6 Å². The zero-order chi connectivity index (χ0) is 13.0. The lowest BCUT2D eigenvalue weighted by Gasteiger charge is -1.94. The lowest BCUT2D eigenvalue weighted by atomic mass is 10.2. The molecule has 0 radical (unpaired) electrons. The molecular formula is C12H11N2O2S2+. The number of benzene rings is 1. The first-order valence-corrected chi connectivity index (χ1v) is 7.41. The Kier molecular flexibility index (Phi) is 3.78. The number of sulfonamides is 1. The zero-order valence-corrected chi connectivity index (χ0v) is 11.3. The van der Waals surface area contributed by atoms with Gasteiger partial charge in [0.05, 0.1) is 4.90 Å². The summed E-state index contributed by atoms with van der Waals surface area (Å²) in [6, 6.07) is 11.8. The first-order valence-electron chi connectivity index (χ1n) is 5.20. The van der Waals surface area contributed by atoms with Gasteiger partial charge >= 0.3 is 26.6 Å². The summed E-state index contributed by atoms with van der Waals surface area (Å²) in [4.78, 5) is 4.19. The fraction of sp³-hybridized carbons (Fsp3) is 0.0833. The summed E-state index contributed by atoms with van der Waals surface area (Å²) in [5.41, 5.74) is 1.01. The van der Waals surface area contributed by atoms with Gasteiger partial charge in [0.15, 0.2) is 0 Å². The summed E-state index contributed by atoms with van der Waals surface area (Å²) in [6.07, 6.45) is 1.59. The van der Waals surface area contributed by atoms with E-state index in [1.807, 2.05) is 6.92 Å². The van der Waals surface area contributed by atoms with Crippen LogP contribution in [0.15, 0.2) is 62.4 Å². The predicted molar refractivity (Wildman–Crippen MR) is 70.7 cm³/mol. The SMILES string of the molecule is Cc1ccc(S(=O)(=O)N=[S+]c2ccccn2)cc1. The highest BCUT2D eigenvalue weighted by Gasteiger charge is 2.19. The summed E-state index contributed by atoms with van der Waals surface area (Å²) in [6.45, 7) is 1.90. The Morgan fingerprint density at radius 2 is 1.83 bits per heavy atom. The molecule has 0 saturated carbocycles. The fourth-order valence-corrected chi connectivity index (χ4v) is 3.01. The van der Waals surface area contributed by atoms with E-state index in [-0.39, 0.29) is 4.90 Å². The number of hydrogen-bond acceptors (Lipinski definition) is 3. The minimum Gasteiger partial charge on any atom is -0.200 e. The van der Waals surface area contributed by atoms with E-state index in [2.05, 4.69) is 8.75 Å². The Labute approximate surface area is 110 Å². The van der Waals surface area contributed by atoms with Crippen LogP contribution in [0.1, 0.15) is 5.56 Å². The molecule has 92 valence electrons. The molecule has 0 N–H and O–H groups in total. The minimum absolute atomic E-state index is 0.191. The molecular weight excluding hydrogens is 268 g/mol. The van der Waals surface area contributed by atoms with Crippen molar-refractivity contribution in [2.75, 3.05) is 0 Å². The number of nitrogens with zero attached hydrogens (tertiary/aromatic N) is 2. The number of aromatic nitrogens is 1. The summed E-state index contributed by atoms with van der Waals surface area (Å²) < 4.78 is 27.5. The van der Waals surface area contributed by atoms with Gasteiger partial charge in [-0.15, -0.1) is 0 Å². The first kappa shape index (κ1) is 12.8. The van der Waals surface area contributed by atoms with Gasteiger partial charge in [-0.25, -0.2) is 0 Å². The maximum Gasteiger partial charge on any atom is 0.397 e. The van der Waals surface area contributed by atoms with Gasteiger partial charge in [0, 0.05) is 12.3 Å². The number of aryl methyl sites for hydroxylation is 1. The molecule has 6 heteroatoms. The summed E-state index contributed by atoms with van der Waals surface area (Å²) >= 11 is 0.852. The predicted octanol–water partition coefficient (Wildman–Crippen LogP) is 2.40. The fourth-order valence-electron chi connectivity index (χ4n) is 1.24. The monoisotopic (exact) mass is 279 g/mol. The third-order valence-electron chi connectivity index (χ3n) is 2.19. The number of pyridine rings is 1. The van der Waals surface area contributed by atoms with E-state index in [9.17, 15) is 8.42 Å². The lowest BCUT2D eigenvalue weighted by molar-refractivity contribution is 0.598. The molecule has 1 aromatic carbocycles. The maximum absolute atomic E-state index is 11.9. The molecule has 2 rings (SSSR count). The molecule has 0 unspecified atom stereocenters. The molecule has 0 aliphatic carbocycles. The van der Waals surface area contributed by atoms with Crippen molar-refractivity contribution in [2.24, 2.45) is 3.77 Å². The Hall–Kier alpha value is -1.66. The molecule has 4 nitrogen and oxygen atoms in total. The maximum atomic E-state index is 11.9. The molecule has 18 heavy (non-hydrogen) atoms. The van der Waals surface area contributed by atoms with E-state index in [1.54, 1.807) is 48.7 Å². The number of hydrogen-bond donors (Lipinski definition) is 0. The Morgan fingerprint density at radius 1 is 1.11 bits per heavy atom.